The van der Waals surface area contributed by atoms with Crippen molar-refractivity contribution in [1.82, 2.24) is 4.98 Å². The van der Waals surface area contributed by atoms with Gasteiger partial charge in [0.1, 0.15) is 11.8 Å². The van der Waals surface area contributed by atoms with Crippen LogP contribution in [-0.4, -0.2) is 24.2 Å². The number of hydrogen-bond acceptors (Lipinski definition) is 3. The number of halogens is 4. The van der Waals surface area contributed by atoms with Crippen molar-refractivity contribution >= 4 is 5.69 Å². The fourth-order valence-electron chi connectivity index (χ4n) is 2.74. The highest BCUT2D eigenvalue weighted by Gasteiger charge is 2.32. The van der Waals surface area contributed by atoms with E-state index in [9.17, 15) is 17.6 Å². The Balaban J connectivity index is 1.97. The van der Waals surface area contributed by atoms with Crippen molar-refractivity contribution in [1.29, 1.82) is 0 Å². The van der Waals surface area contributed by atoms with Crippen molar-refractivity contribution in [2.24, 2.45) is 0 Å². The minimum Gasteiger partial charge on any atom is -0.367 e. The van der Waals surface area contributed by atoms with Gasteiger partial charge in [0.15, 0.2) is 0 Å². The summed E-state index contributed by atoms with van der Waals surface area (Å²) in [6, 6.07) is 9.10. The Morgan fingerprint density at radius 2 is 1.61 bits per heavy atom. The smallest absolute Gasteiger partial charge is 0.253 e. The van der Waals surface area contributed by atoms with Gasteiger partial charge in [-0.15, -0.1) is 0 Å². The van der Waals surface area contributed by atoms with Gasteiger partial charge in [-0.1, -0.05) is 30.3 Å². The van der Waals surface area contributed by atoms with Crippen molar-refractivity contribution in [2.75, 3.05) is 18.0 Å². The van der Waals surface area contributed by atoms with E-state index in [1.807, 2.05) is 30.3 Å². The normalized spacial score (nSPS) is 21.5. The van der Waals surface area contributed by atoms with Crippen LogP contribution in [0.15, 0.2) is 30.3 Å². The molecule has 3 rings (SSSR count). The van der Waals surface area contributed by atoms with Crippen molar-refractivity contribution in [2.45, 2.75) is 19.1 Å². The Kier molecular flexibility index (Phi) is 4.21. The molecule has 1 aromatic carbocycles. The summed E-state index contributed by atoms with van der Waals surface area (Å²) in [5.74, 6) is -6.31. The van der Waals surface area contributed by atoms with Crippen molar-refractivity contribution in [3.63, 3.8) is 0 Å². The van der Waals surface area contributed by atoms with Gasteiger partial charge in [-0.2, -0.15) is 22.5 Å². The van der Waals surface area contributed by atoms with Gasteiger partial charge < -0.3 is 9.64 Å². The first kappa shape index (κ1) is 15.7. The van der Waals surface area contributed by atoms with Gasteiger partial charge in [0.25, 0.3) is 11.9 Å². The van der Waals surface area contributed by atoms with E-state index in [1.165, 1.54) is 4.90 Å². The lowest BCUT2D eigenvalue weighted by molar-refractivity contribution is -0.0178. The topological polar surface area (TPSA) is 25.4 Å². The highest BCUT2D eigenvalue weighted by molar-refractivity contribution is 5.49. The summed E-state index contributed by atoms with van der Waals surface area (Å²) in [4.78, 5) is 3.84. The van der Waals surface area contributed by atoms with Crippen LogP contribution >= 0.6 is 0 Å². The van der Waals surface area contributed by atoms with E-state index in [-0.39, 0.29) is 19.2 Å². The average Bonchev–Trinajstić information content (AvgIpc) is 2.54. The summed E-state index contributed by atoms with van der Waals surface area (Å²) >= 11 is 0. The molecule has 0 radical (unpaired) electrons. The summed E-state index contributed by atoms with van der Waals surface area (Å²) in [5, 5.41) is 0. The molecular weight excluding hydrogens is 312 g/mol. The third-order valence-electron chi connectivity index (χ3n) is 3.72. The molecule has 0 aliphatic carbocycles. The van der Waals surface area contributed by atoms with Crippen LogP contribution in [-0.2, 0) is 4.74 Å². The molecule has 0 bridgehead atoms. The third-order valence-corrected chi connectivity index (χ3v) is 3.72. The summed E-state index contributed by atoms with van der Waals surface area (Å²) < 4.78 is 60.4. The molecule has 0 N–H and O–H groups in total. The summed E-state index contributed by atoms with van der Waals surface area (Å²) in [7, 11) is 0. The summed E-state index contributed by atoms with van der Waals surface area (Å²) in [6.45, 7) is 1.91. The minimum atomic E-state index is -1.66. The molecule has 1 aliphatic rings. The predicted molar refractivity (Wildman–Crippen MR) is 76.0 cm³/mol. The zero-order chi connectivity index (χ0) is 16.6. The standard InChI is InChI=1S/C16H14F4N2O/c1-9-7-22(8-11(23-9)10-5-3-2-4-6-10)14-12(17)15(19)21-16(20)13(14)18/h2-6,9,11H,7-8H2,1H3. The Bertz CT molecular complexity index is 685. The highest BCUT2D eigenvalue weighted by Crippen LogP contribution is 2.32. The number of hydrogen-bond donors (Lipinski definition) is 0. The molecule has 122 valence electrons. The highest BCUT2D eigenvalue weighted by atomic mass is 19.2. The minimum absolute atomic E-state index is 0.0745. The van der Waals surface area contributed by atoms with Crippen LogP contribution in [0.4, 0.5) is 23.2 Å². The Labute approximate surface area is 130 Å². The van der Waals surface area contributed by atoms with Crippen LogP contribution in [0.3, 0.4) is 0 Å². The Morgan fingerprint density at radius 1 is 1.00 bits per heavy atom. The summed E-state index contributed by atoms with van der Waals surface area (Å²) in [6.07, 6.45) is -0.829. The molecule has 1 saturated heterocycles. The zero-order valence-corrected chi connectivity index (χ0v) is 12.3. The second-order valence-electron chi connectivity index (χ2n) is 5.42. The van der Waals surface area contributed by atoms with Gasteiger partial charge in [-0.25, -0.2) is 0 Å². The molecule has 23 heavy (non-hydrogen) atoms. The zero-order valence-electron chi connectivity index (χ0n) is 12.3. The lowest BCUT2D eigenvalue weighted by Gasteiger charge is -2.38. The van der Waals surface area contributed by atoms with Crippen molar-refractivity contribution in [3.8, 4) is 0 Å². The molecule has 7 heteroatoms. The van der Waals surface area contributed by atoms with E-state index >= 15 is 0 Å². The lowest BCUT2D eigenvalue weighted by atomic mass is 10.1. The number of ether oxygens (including phenoxy) is 1. The molecule has 0 saturated carbocycles. The quantitative estimate of drug-likeness (QED) is 0.623. The molecular formula is C16H14F4N2O. The van der Waals surface area contributed by atoms with E-state index in [0.717, 1.165) is 5.56 Å². The van der Waals surface area contributed by atoms with E-state index in [0.29, 0.717) is 0 Å². The number of rotatable bonds is 2. The number of benzene rings is 1. The Hall–Kier alpha value is -2.15. The van der Waals surface area contributed by atoms with Gasteiger partial charge in [-0.05, 0) is 12.5 Å². The molecule has 2 unspecified atom stereocenters. The van der Waals surface area contributed by atoms with E-state index in [4.69, 9.17) is 4.74 Å². The first-order chi connectivity index (χ1) is 11.0. The van der Waals surface area contributed by atoms with E-state index in [2.05, 4.69) is 4.98 Å². The second kappa shape index (κ2) is 6.16. The van der Waals surface area contributed by atoms with Crippen LogP contribution in [0.1, 0.15) is 18.6 Å². The van der Waals surface area contributed by atoms with Crippen LogP contribution in [0.5, 0.6) is 0 Å². The fraction of sp³-hybridized carbons (Fsp3) is 0.312. The maximum absolute atomic E-state index is 14.0. The first-order valence-electron chi connectivity index (χ1n) is 7.12. The maximum Gasteiger partial charge on any atom is 0.253 e. The predicted octanol–water partition coefficient (Wildman–Crippen LogP) is 3.60. The molecule has 2 heterocycles. The van der Waals surface area contributed by atoms with E-state index < -0.39 is 35.3 Å². The largest absolute Gasteiger partial charge is 0.367 e. The first-order valence-corrected chi connectivity index (χ1v) is 7.12. The number of anilines is 1. The molecule has 2 atom stereocenters. The summed E-state index contributed by atoms with van der Waals surface area (Å²) in [5.41, 5.74) is 0.0750. The van der Waals surface area contributed by atoms with Gasteiger partial charge in [-0.3, -0.25) is 0 Å². The molecule has 1 fully saturated rings. The molecule has 0 amide bonds. The SMILES string of the molecule is CC1CN(c2c(F)c(F)nc(F)c2F)CC(c2ccccc2)O1. The maximum atomic E-state index is 14.0. The molecule has 1 aliphatic heterocycles. The van der Waals surface area contributed by atoms with Gasteiger partial charge >= 0.3 is 0 Å². The van der Waals surface area contributed by atoms with Gasteiger partial charge in [0, 0.05) is 13.1 Å². The lowest BCUT2D eigenvalue weighted by Crippen LogP contribution is -2.44. The van der Waals surface area contributed by atoms with Gasteiger partial charge in [0.05, 0.1) is 6.10 Å². The average molecular weight is 326 g/mol. The molecule has 2 aromatic rings. The van der Waals surface area contributed by atoms with E-state index in [1.54, 1.807) is 6.92 Å². The second-order valence-corrected chi connectivity index (χ2v) is 5.42. The number of pyridine rings is 1. The number of nitrogens with zero attached hydrogens (tertiary/aromatic N) is 2. The number of morpholine rings is 1. The van der Waals surface area contributed by atoms with Crippen molar-refractivity contribution in [3.05, 3.63) is 59.4 Å². The monoisotopic (exact) mass is 326 g/mol. The molecule has 1 aromatic heterocycles. The fourth-order valence-corrected chi connectivity index (χ4v) is 2.74. The van der Waals surface area contributed by atoms with Gasteiger partial charge in [0.2, 0.25) is 11.6 Å². The van der Waals surface area contributed by atoms with Crippen LogP contribution in [0, 0.1) is 23.5 Å². The van der Waals surface area contributed by atoms with Crippen LogP contribution in [0.2, 0.25) is 0 Å². The Morgan fingerprint density at radius 3 is 2.22 bits per heavy atom. The van der Waals surface area contributed by atoms with Crippen LogP contribution in [0.25, 0.3) is 0 Å². The molecule has 3 nitrogen and oxygen atoms in total. The molecule has 0 spiro atoms. The van der Waals surface area contributed by atoms with Crippen LogP contribution < -0.4 is 4.90 Å². The third kappa shape index (κ3) is 3.01. The number of aromatic nitrogens is 1. The van der Waals surface area contributed by atoms with Crippen molar-refractivity contribution < 1.29 is 22.3 Å².